The van der Waals surface area contributed by atoms with Gasteiger partial charge in [-0.1, -0.05) is 83.4 Å². The second-order valence-corrected chi connectivity index (χ2v) is 7.69. The van der Waals surface area contributed by atoms with Crippen LogP contribution in [0.1, 0.15) is 96.5 Å². The van der Waals surface area contributed by atoms with E-state index in [9.17, 15) is 0 Å². The number of hydrogen-bond donors (Lipinski definition) is 0. The summed E-state index contributed by atoms with van der Waals surface area (Å²) in [6, 6.07) is 9.39. The van der Waals surface area contributed by atoms with Gasteiger partial charge in [0.1, 0.15) is 5.75 Å². The average molecular weight is 358 g/mol. The molecule has 0 saturated carbocycles. The fraction of sp³-hybridized carbons (Fsp3) is 0.680. The lowest BCUT2D eigenvalue weighted by Crippen LogP contribution is -2.01. The van der Waals surface area contributed by atoms with E-state index in [1.807, 2.05) is 18.2 Å². The lowest BCUT2D eigenvalue weighted by atomic mass is 9.99. The first-order valence-corrected chi connectivity index (χ1v) is 11.0. The molecule has 0 saturated heterocycles. The van der Waals surface area contributed by atoms with E-state index in [0.717, 1.165) is 37.5 Å². The van der Waals surface area contributed by atoms with Crippen LogP contribution in [0.15, 0.2) is 30.9 Å². The third kappa shape index (κ3) is 11.4. The molecule has 0 aliphatic carbocycles. The van der Waals surface area contributed by atoms with Crippen LogP contribution < -0.4 is 4.74 Å². The standard InChI is InChI=1S/C25H41O/c1-4-6-7-8-9-10-11-17-22-26-25-21-16-15-20-24(25)19-14-12-13-18-23(3)5-2/h4,15,20-21,23H,1,5-14,17-19,22H2,2-3H3. The van der Waals surface area contributed by atoms with Crippen LogP contribution in [0.5, 0.6) is 5.75 Å². The zero-order valence-electron chi connectivity index (χ0n) is 17.4. The summed E-state index contributed by atoms with van der Waals surface area (Å²) in [5.74, 6) is 1.93. The largest absolute Gasteiger partial charge is 0.493 e. The lowest BCUT2D eigenvalue weighted by Gasteiger charge is -2.12. The number of benzene rings is 1. The Morgan fingerprint density at radius 2 is 1.77 bits per heavy atom. The Bertz CT molecular complexity index is 451. The highest BCUT2D eigenvalue weighted by molar-refractivity contribution is 5.32. The van der Waals surface area contributed by atoms with Crippen molar-refractivity contribution in [2.75, 3.05) is 6.61 Å². The summed E-state index contributed by atoms with van der Waals surface area (Å²) in [7, 11) is 0. The maximum absolute atomic E-state index is 6.05. The molecule has 1 radical (unpaired) electrons. The molecule has 0 aromatic heterocycles. The molecule has 26 heavy (non-hydrogen) atoms. The normalized spacial score (nSPS) is 12.1. The lowest BCUT2D eigenvalue weighted by molar-refractivity contribution is 0.301. The summed E-state index contributed by atoms with van der Waals surface area (Å²) in [6.45, 7) is 9.26. The smallest absolute Gasteiger partial charge is 0.123 e. The SMILES string of the molecule is C=CCCCCCCCCOc1c[c]ccc1CCCCCC(C)CC. The number of allylic oxidation sites excluding steroid dienone is 1. The van der Waals surface area contributed by atoms with Gasteiger partial charge in [0.15, 0.2) is 0 Å². The van der Waals surface area contributed by atoms with Gasteiger partial charge >= 0.3 is 0 Å². The van der Waals surface area contributed by atoms with Crippen molar-refractivity contribution in [3.63, 3.8) is 0 Å². The Hall–Kier alpha value is -1.24. The molecule has 0 spiro atoms. The van der Waals surface area contributed by atoms with Crippen molar-refractivity contribution in [2.24, 2.45) is 5.92 Å². The van der Waals surface area contributed by atoms with Crippen LogP contribution in [0, 0.1) is 12.0 Å². The van der Waals surface area contributed by atoms with E-state index in [0.29, 0.717) is 0 Å². The van der Waals surface area contributed by atoms with Gasteiger partial charge in [0.05, 0.1) is 6.61 Å². The first-order valence-electron chi connectivity index (χ1n) is 11.0. The second kappa shape index (κ2) is 16.0. The van der Waals surface area contributed by atoms with Crippen molar-refractivity contribution in [3.8, 4) is 5.75 Å². The molecular formula is C25H41O. The molecule has 1 heteroatoms. The molecule has 0 heterocycles. The van der Waals surface area contributed by atoms with Crippen LogP contribution in [-0.2, 0) is 6.42 Å². The molecule has 1 rings (SSSR count). The first kappa shape index (κ1) is 22.8. The fourth-order valence-electron chi connectivity index (χ4n) is 3.26. The monoisotopic (exact) mass is 357 g/mol. The van der Waals surface area contributed by atoms with Gasteiger partial charge in [0, 0.05) is 0 Å². The molecule has 0 aliphatic rings. The van der Waals surface area contributed by atoms with Crippen LogP contribution >= 0.6 is 0 Å². The highest BCUT2D eigenvalue weighted by Crippen LogP contribution is 2.21. The molecule has 0 bridgehead atoms. The summed E-state index contributed by atoms with van der Waals surface area (Å²) in [5.41, 5.74) is 1.36. The van der Waals surface area contributed by atoms with Gasteiger partial charge in [-0.3, -0.25) is 0 Å². The molecule has 1 aromatic rings. The van der Waals surface area contributed by atoms with Crippen molar-refractivity contribution in [1.29, 1.82) is 0 Å². The number of unbranched alkanes of at least 4 members (excludes halogenated alkanes) is 8. The Labute approximate surface area is 163 Å². The fourth-order valence-corrected chi connectivity index (χ4v) is 3.26. The topological polar surface area (TPSA) is 9.23 Å². The van der Waals surface area contributed by atoms with Gasteiger partial charge in [0.25, 0.3) is 0 Å². The van der Waals surface area contributed by atoms with E-state index in [1.54, 1.807) is 0 Å². The summed E-state index contributed by atoms with van der Waals surface area (Å²) in [6.07, 6.45) is 18.7. The number of hydrogen-bond acceptors (Lipinski definition) is 1. The van der Waals surface area contributed by atoms with Gasteiger partial charge < -0.3 is 4.74 Å². The van der Waals surface area contributed by atoms with Gasteiger partial charge in [0.2, 0.25) is 0 Å². The maximum Gasteiger partial charge on any atom is 0.123 e. The van der Waals surface area contributed by atoms with Crippen molar-refractivity contribution in [3.05, 3.63) is 42.5 Å². The third-order valence-corrected chi connectivity index (χ3v) is 5.31. The minimum Gasteiger partial charge on any atom is -0.493 e. The molecule has 147 valence electrons. The van der Waals surface area contributed by atoms with E-state index >= 15 is 0 Å². The average Bonchev–Trinajstić information content (AvgIpc) is 2.67. The number of aryl methyl sites for hydroxylation is 1. The molecule has 0 aliphatic heterocycles. The van der Waals surface area contributed by atoms with E-state index in [1.165, 1.54) is 69.8 Å². The third-order valence-electron chi connectivity index (χ3n) is 5.31. The van der Waals surface area contributed by atoms with Crippen molar-refractivity contribution in [2.45, 2.75) is 97.3 Å². The first-order chi connectivity index (χ1) is 12.8. The summed E-state index contributed by atoms with van der Waals surface area (Å²) >= 11 is 0. The molecule has 1 aromatic carbocycles. The predicted octanol–water partition coefficient (Wildman–Crippen LogP) is 7.93. The molecule has 1 atom stereocenters. The van der Waals surface area contributed by atoms with Gasteiger partial charge in [-0.15, -0.1) is 6.58 Å². The van der Waals surface area contributed by atoms with Crippen molar-refractivity contribution < 1.29 is 4.74 Å². The maximum atomic E-state index is 6.05. The molecule has 0 amide bonds. The summed E-state index contributed by atoms with van der Waals surface area (Å²) < 4.78 is 6.05. The quantitative estimate of drug-likeness (QED) is 0.203. The Balaban J connectivity index is 2.13. The highest BCUT2D eigenvalue weighted by atomic mass is 16.5. The second-order valence-electron chi connectivity index (χ2n) is 7.69. The summed E-state index contributed by atoms with van der Waals surface area (Å²) in [4.78, 5) is 0. The molecule has 0 N–H and O–H groups in total. The van der Waals surface area contributed by atoms with Crippen LogP contribution in [-0.4, -0.2) is 6.61 Å². The van der Waals surface area contributed by atoms with E-state index in [2.05, 4.69) is 32.6 Å². The van der Waals surface area contributed by atoms with Crippen molar-refractivity contribution in [1.82, 2.24) is 0 Å². The Morgan fingerprint density at radius 3 is 2.54 bits per heavy atom. The van der Waals surface area contributed by atoms with Crippen LogP contribution in [0.4, 0.5) is 0 Å². The zero-order valence-corrected chi connectivity index (χ0v) is 17.4. The molecule has 0 fully saturated rings. The minimum absolute atomic E-state index is 0.839. The van der Waals surface area contributed by atoms with Gasteiger partial charge in [-0.25, -0.2) is 0 Å². The number of rotatable bonds is 17. The van der Waals surface area contributed by atoms with Crippen LogP contribution in [0.3, 0.4) is 0 Å². The van der Waals surface area contributed by atoms with E-state index < -0.39 is 0 Å². The van der Waals surface area contributed by atoms with Crippen molar-refractivity contribution >= 4 is 0 Å². The van der Waals surface area contributed by atoms with E-state index in [-0.39, 0.29) is 0 Å². The van der Waals surface area contributed by atoms with Crippen LogP contribution in [0.25, 0.3) is 0 Å². The molecular weight excluding hydrogens is 316 g/mol. The van der Waals surface area contributed by atoms with E-state index in [4.69, 9.17) is 4.74 Å². The van der Waals surface area contributed by atoms with Crippen LogP contribution in [0.2, 0.25) is 0 Å². The zero-order chi connectivity index (χ0) is 18.9. The highest BCUT2D eigenvalue weighted by Gasteiger charge is 2.04. The van der Waals surface area contributed by atoms with Gasteiger partial charge in [-0.05, 0) is 55.7 Å². The van der Waals surface area contributed by atoms with Gasteiger partial charge in [-0.2, -0.15) is 0 Å². The predicted molar refractivity (Wildman–Crippen MR) is 115 cm³/mol. The summed E-state index contributed by atoms with van der Waals surface area (Å²) in [5, 5.41) is 0. The number of ether oxygens (including phenoxy) is 1. The Kier molecular flexibility index (Phi) is 14.0. The Morgan fingerprint density at radius 1 is 1.04 bits per heavy atom. The molecule has 1 unspecified atom stereocenters. The minimum atomic E-state index is 0.839. The molecule has 1 nitrogen and oxygen atoms in total.